The zero-order chi connectivity index (χ0) is 14.9. The number of rotatable bonds is 7. The first-order valence-corrected chi connectivity index (χ1v) is 8.52. The van der Waals surface area contributed by atoms with Crippen LogP contribution in [0.25, 0.3) is 0 Å². The summed E-state index contributed by atoms with van der Waals surface area (Å²) in [5.74, 6) is 0.530. The fraction of sp³-hybridized carbons (Fsp3) is 0.769. The third kappa shape index (κ3) is 3.05. The van der Waals surface area contributed by atoms with Crippen LogP contribution in [0.1, 0.15) is 30.7 Å². The number of nitrogens with zero attached hydrogens (tertiary/aromatic N) is 3. The summed E-state index contributed by atoms with van der Waals surface area (Å²) in [4.78, 5) is 0.359. The predicted molar refractivity (Wildman–Crippen MR) is 77.9 cm³/mol. The Balaban J connectivity index is 2.28. The molecule has 1 aromatic heterocycles. The number of hydrogen-bond donors (Lipinski definition) is 1. The molecule has 0 aliphatic heterocycles. The van der Waals surface area contributed by atoms with Gasteiger partial charge < -0.3 is 5.73 Å². The largest absolute Gasteiger partial charge is 0.330 e. The topological polar surface area (TPSA) is 81.2 Å². The minimum Gasteiger partial charge on any atom is -0.330 e. The quantitative estimate of drug-likeness (QED) is 0.810. The van der Waals surface area contributed by atoms with Crippen LogP contribution in [0.3, 0.4) is 0 Å². The Morgan fingerprint density at radius 1 is 1.40 bits per heavy atom. The molecule has 0 aromatic carbocycles. The molecule has 0 bridgehead atoms. The van der Waals surface area contributed by atoms with Gasteiger partial charge in [0.15, 0.2) is 0 Å². The van der Waals surface area contributed by atoms with Crippen LogP contribution in [0.2, 0.25) is 0 Å². The molecular formula is C13H24N4O2S. The lowest BCUT2D eigenvalue weighted by molar-refractivity contribution is 0.451. The molecule has 0 radical (unpaired) electrons. The van der Waals surface area contributed by atoms with Crippen molar-refractivity contribution in [3.63, 3.8) is 0 Å². The van der Waals surface area contributed by atoms with Gasteiger partial charge in [-0.1, -0.05) is 0 Å². The molecule has 1 heterocycles. The van der Waals surface area contributed by atoms with Crippen molar-refractivity contribution in [1.29, 1.82) is 0 Å². The zero-order valence-electron chi connectivity index (χ0n) is 12.5. The number of aryl methyl sites for hydroxylation is 2. The average Bonchev–Trinajstić information content (AvgIpc) is 3.12. The number of nitrogens with two attached hydrogens (primary N) is 1. The van der Waals surface area contributed by atoms with E-state index in [4.69, 9.17) is 5.73 Å². The molecule has 0 spiro atoms. The van der Waals surface area contributed by atoms with Crippen LogP contribution in [0.5, 0.6) is 0 Å². The van der Waals surface area contributed by atoms with Gasteiger partial charge in [-0.2, -0.15) is 5.10 Å². The summed E-state index contributed by atoms with van der Waals surface area (Å²) in [5.41, 5.74) is 6.78. The Hall–Kier alpha value is -0.920. The van der Waals surface area contributed by atoms with Crippen molar-refractivity contribution in [2.45, 2.75) is 44.6 Å². The molecule has 0 atom stereocenters. The normalized spacial score (nSPS) is 16.1. The van der Waals surface area contributed by atoms with Gasteiger partial charge in [-0.15, -0.1) is 0 Å². The van der Waals surface area contributed by atoms with E-state index in [0.717, 1.165) is 19.3 Å². The highest BCUT2D eigenvalue weighted by molar-refractivity contribution is 7.89. The van der Waals surface area contributed by atoms with Gasteiger partial charge in [0.25, 0.3) is 0 Å². The van der Waals surface area contributed by atoms with Crippen molar-refractivity contribution in [2.24, 2.45) is 11.7 Å². The van der Waals surface area contributed by atoms with Crippen molar-refractivity contribution in [1.82, 2.24) is 14.1 Å². The summed E-state index contributed by atoms with van der Waals surface area (Å²) in [6, 6.07) is 0. The van der Waals surface area contributed by atoms with Crippen molar-refractivity contribution in [3.05, 3.63) is 11.4 Å². The molecule has 2 rings (SSSR count). The van der Waals surface area contributed by atoms with Crippen molar-refractivity contribution in [3.8, 4) is 0 Å². The summed E-state index contributed by atoms with van der Waals surface area (Å²) in [6.07, 6.45) is 3.06. The third-order valence-corrected chi connectivity index (χ3v) is 5.85. The van der Waals surface area contributed by atoms with E-state index in [2.05, 4.69) is 5.10 Å². The first-order chi connectivity index (χ1) is 9.37. The van der Waals surface area contributed by atoms with E-state index in [-0.39, 0.29) is 0 Å². The number of sulfonamides is 1. The van der Waals surface area contributed by atoms with E-state index in [0.29, 0.717) is 41.8 Å². The highest BCUT2D eigenvalue weighted by Gasteiger charge is 2.32. The monoisotopic (exact) mass is 300 g/mol. The van der Waals surface area contributed by atoms with E-state index < -0.39 is 10.0 Å². The smallest absolute Gasteiger partial charge is 0.246 e. The van der Waals surface area contributed by atoms with Gasteiger partial charge in [-0.25, -0.2) is 12.7 Å². The van der Waals surface area contributed by atoms with E-state index >= 15 is 0 Å². The molecule has 6 nitrogen and oxygen atoms in total. The van der Waals surface area contributed by atoms with Crippen molar-refractivity contribution >= 4 is 10.0 Å². The first-order valence-electron chi connectivity index (χ1n) is 7.08. The van der Waals surface area contributed by atoms with Crippen LogP contribution >= 0.6 is 0 Å². The second kappa shape index (κ2) is 5.83. The van der Waals surface area contributed by atoms with Crippen LogP contribution in [0, 0.1) is 19.8 Å². The van der Waals surface area contributed by atoms with Gasteiger partial charge in [-0.05, 0) is 45.6 Å². The fourth-order valence-electron chi connectivity index (χ4n) is 2.43. The van der Waals surface area contributed by atoms with Crippen molar-refractivity contribution < 1.29 is 8.42 Å². The standard InChI is InChI=1S/C13H24N4O2S/c1-10-13(11(2)17(15-10)8-4-7-14)20(18,19)16(3)9-12-5-6-12/h12H,4-9,14H2,1-3H3. The van der Waals surface area contributed by atoms with Gasteiger partial charge >= 0.3 is 0 Å². The van der Waals surface area contributed by atoms with Crippen LogP contribution in [0.15, 0.2) is 4.90 Å². The molecular weight excluding hydrogens is 276 g/mol. The maximum Gasteiger partial charge on any atom is 0.246 e. The Labute approximate surface area is 121 Å². The van der Waals surface area contributed by atoms with Gasteiger partial charge in [0.05, 0.1) is 11.4 Å². The Morgan fingerprint density at radius 3 is 2.60 bits per heavy atom. The first kappa shape index (κ1) is 15.5. The van der Waals surface area contributed by atoms with Crippen LogP contribution in [0.4, 0.5) is 0 Å². The average molecular weight is 300 g/mol. The van der Waals surface area contributed by atoms with E-state index in [1.54, 1.807) is 18.7 Å². The lowest BCUT2D eigenvalue weighted by Gasteiger charge is -2.17. The SMILES string of the molecule is Cc1nn(CCCN)c(C)c1S(=O)(=O)N(C)CC1CC1. The van der Waals surface area contributed by atoms with E-state index in [1.807, 2.05) is 6.92 Å². The molecule has 20 heavy (non-hydrogen) atoms. The minimum atomic E-state index is -3.44. The molecule has 0 unspecified atom stereocenters. The van der Waals surface area contributed by atoms with Gasteiger partial charge in [0, 0.05) is 20.1 Å². The summed E-state index contributed by atoms with van der Waals surface area (Å²) in [5, 5.41) is 4.35. The van der Waals surface area contributed by atoms with Gasteiger partial charge in [0.1, 0.15) is 4.90 Å². The Kier molecular flexibility index (Phi) is 4.51. The maximum atomic E-state index is 12.7. The highest BCUT2D eigenvalue weighted by Crippen LogP contribution is 2.32. The highest BCUT2D eigenvalue weighted by atomic mass is 32.2. The van der Waals surface area contributed by atoms with Crippen LogP contribution in [-0.4, -0.2) is 42.6 Å². The summed E-state index contributed by atoms with van der Waals surface area (Å²) in [7, 11) is -1.78. The van der Waals surface area contributed by atoms with Gasteiger partial charge in [0.2, 0.25) is 10.0 Å². The molecule has 1 aliphatic rings. The summed E-state index contributed by atoms with van der Waals surface area (Å²) < 4.78 is 28.6. The minimum absolute atomic E-state index is 0.359. The second-order valence-electron chi connectivity index (χ2n) is 5.59. The van der Waals surface area contributed by atoms with E-state index in [1.165, 1.54) is 4.31 Å². The van der Waals surface area contributed by atoms with Crippen molar-refractivity contribution in [2.75, 3.05) is 20.1 Å². The maximum absolute atomic E-state index is 12.7. The molecule has 1 aromatic rings. The molecule has 1 fully saturated rings. The fourth-order valence-corrected chi connectivity index (χ4v) is 4.04. The third-order valence-electron chi connectivity index (χ3n) is 3.77. The molecule has 7 heteroatoms. The number of hydrogen-bond acceptors (Lipinski definition) is 4. The molecule has 0 saturated heterocycles. The van der Waals surface area contributed by atoms with E-state index in [9.17, 15) is 8.42 Å². The Bertz CT molecular complexity index is 575. The molecule has 1 saturated carbocycles. The molecule has 114 valence electrons. The lowest BCUT2D eigenvalue weighted by atomic mass is 10.4. The summed E-state index contributed by atoms with van der Waals surface area (Å²) >= 11 is 0. The van der Waals surface area contributed by atoms with Crippen LogP contribution in [-0.2, 0) is 16.6 Å². The van der Waals surface area contributed by atoms with Crippen LogP contribution < -0.4 is 5.73 Å². The lowest BCUT2D eigenvalue weighted by Crippen LogP contribution is -2.29. The molecule has 0 amide bonds. The van der Waals surface area contributed by atoms with Gasteiger partial charge in [-0.3, -0.25) is 4.68 Å². The molecule has 1 aliphatic carbocycles. The molecule has 2 N–H and O–H groups in total. The number of aromatic nitrogens is 2. The zero-order valence-corrected chi connectivity index (χ0v) is 13.3. The summed E-state index contributed by atoms with van der Waals surface area (Å²) in [6.45, 7) is 5.40. The second-order valence-corrected chi connectivity index (χ2v) is 7.58. The Morgan fingerprint density at radius 2 is 2.05 bits per heavy atom. The predicted octanol–water partition coefficient (Wildman–Crippen LogP) is 0.879.